The van der Waals surface area contributed by atoms with E-state index in [0.29, 0.717) is 75.0 Å². The average molecular weight is 1160 g/mol. The molecule has 4 aromatic heterocycles. The van der Waals surface area contributed by atoms with Crippen LogP contribution in [0.1, 0.15) is 98.7 Å². The van der Waals surface area contributed by atoms with E-state index in [4.69, 9.17) is 30.3 Å². The Hall–Kier alpha value is -6.23. The van der Waals surface area contributed by atoms with Gasteiger partial charge in [-0.2, -0.15) is 19.3 Å². The summed E-state index contributed by atoms with van der Waals surface area (Å²) in [6.45, 7) is 20.1. The summed E-state index contributed by atoms with van der Waals surface area (Å²) in [4.78, 5) is 18.7. The molecule has 8 aromatic rings. The minimum atomic E-state index is -4.09. The van der Waals surface area contributed by atoms with Crippen molar-refractivity contribution in [3.8, 4) is 11.2 Å². The molecule has 0 saturated carbocycles. The van der Waals surface area contributed by atoms with Crippen molar-refractivity contribution >= 4 is 105 Å². The van der Waals surface area contributed by atoms with Crippen LogP contribution in [0.2, 0.25) is 0 Å². The first-order valence-corrected chi connectivity index (χ1v) is 30.7. The molecule has 0 saturated heterocycles. The maximum absolute atomic E-state index is 13.9. The Morgan fingerprint density at radius 2 is 1.30 bits per heavy atom. The Balaban J connectivity index is 1.35. The SMILES string of the molecule is CCc1cc(C)cc(CC)c1Nc1nc(N(c2nc3ccc(S(=O)(=O)N(CCO)CCO)cc3s2)c2c(CC)cc(C)cc2CC)cc(C)c1N=Nc1c(C#N)c(C(C)(C)C)nn1-c1nc2ccc(SN(CCO)CCO)cc2s1. The second-order valence-corrected chi connectivity index (χ2v) is 25.5. The van der Waals surface area contributed by atoms with E-state index in [9.17, 15) is 34.1 Å². The zero-order chi connectivity index (χ0) is 57.6. The quantitative estimate of drug-likeness (QED) is 0.0279. The van der Waals surface area contributed by atoms with E-state index in [1.165, 1.54) is 40.7 Å². The molecule has 4 heterocycles. The summed E-state index contributed by atoms with van der Waals surface area (Å²) in [6, 6.07) is 23.7. The molecule has 80 heavy (non-hydrogen) atoms. The maximum atomic E-state index is 13.9. The van der Waals surface area contributed by atoms with Crippen LogP contribution < -0.4 is 10.2 Å². The number of anilines is 5. The number of aliphatic hydroxyl groups is 4. The lowest BCUT2D eigenvalue weighted by Gasteiger charge is -2.28. The second-order valence-electron chi connectivity index (χ2n) is 20.4. The number of hydrogen-bond donors (Lipinski definition) is 5. The molecule has 5 N–H and O–H groups in total. The molecule has 0 aliphatic heterocycles. The van der Waals surface area contributed by atoms with E-state index >= 15 is 0 Å². The van der Waals surface area contributed by atoms with Crippen LogP contribution in [0.15, 0.2) is 86.7 Å². The van der Waals surface area contributed by atoms with Crippen molar-refractivity contribution in [2.75, 3.05) is 62.8 Å². The summed E-state index contributed by atoms with van der Waals surface area (Å²) < 4.78 is 33.9. The highest BCUT2D eigenvalue weighted by Gasteiger charge is 2.31. The van der Waals surface area contributed by atoms with Crippen molar-refractivity contribution in [3.05, 3.63) is 117 Å². The number of fused-ring (bicyclic) bond motifs is 2. The molecule has 0 unspecified atom stereocenters. The first-order chi connectivity index (χ1) is 38.3. The van der Waals surface area contributed by atoms with Gasteiger partial charge in [0.1, 0.15) is 23.1 Å². The standard InChI is InChI=1S/C58H70N12O6S4/c1-11-38-27-35(5)28-39(12-2)51(38)63-54-50(64-65-55-44(34-59)53(58(8,9)10)66-70(55)57-61-45-17-15-42(32-47(45)78-57)79-67(19-23-71)20-24-72)37(7)31-49(62-54)69(52-40(13-3)29-36(6)30-41(52)14-4)56-60-46-18-16-43(33-48(46)77-56)80(75,76)68(21-25-73)22-26-74/h15-18,27-33,71-74H,11-14,19-26H2,1-10H3,(H,62,63). The van der Waals surface area contributed by atoms with Gasteiger partial charge in [-0.25, -0.2) is 27.7 Å². The van der Waals surface area contributed by atoms with Crippen LogP contribution in [0.4, 0.5) is 39.6 Å². The number of hydrogen-bond acceptors (Lipinski definition) is 19. The van der Waals surface area contributed by atoms with E-state index in [1.807, 2.05) is 56.3 Å². The molecule has 0 bridgehead atoms. The second kappa shape index (κ2) is 25.7. The highest BCUT2D eigenvalue weighted by Crippen LogP contribution is 2.47. The van der Waals surface area contributed by atoms with Gasteiger partial charge in [0.25, 0.3) is 0 Å². The smallest absolute Gasteiger partial charge is 0.243 e. The number of sulfonamides is 1. The molecule has 0 spiro atoms. The minimum Gasteiger partial charge on any atom is -0.395 e. The fraction of sp³-hybridized carbons (Fsp3) is 0.397. The number of nitrogens with zero attached hydrogens (tertiary/aromatic N) is 11. The first kappa shape index (κ1) is 59.9. The Labute approximate surface area is 480 Å². The van der Waals surface area contributed by atoms with Gasteiger partial charge in [-0.15, -0.1) is 10.2 Å². The predicted octanol–water partition coefficient (Wildman–Crippen LogP) is 11.7. The van der Waals surface area contributed by atoms with E-state index in [2.05, 4.69) is 82.1 Å². The molecule has 18 nitrogen and oxygen atoms in total. The maximum Gasteiger partial charge on any atom is 0.243 e. The van der Waals surface area contributed by atoms with Gasteiger partial charge in [-0.05, 0) is 129 Å². The van der Waals surface area contributed by atoms with Gasteiger partial charge >= 0.3 is 0 Å². The molecule has 0 radical (unpaired) electrons. The monoisotopic (exact) mass is 1160 g/mol. The number of aliphatic hydroxyl groups excluding tert-OH is 4. The van der Waals surface area contributed by atoms with E-state index in [-0.39, 0.29) is 42.6 Å². The Bertz CT molecular complexity index is 3670. The number of pyridine rings is 1. The summed E-state index contributed by atoms with van der Waals surface area (Å²) in [6.07, 6.45) is 2.84. The highest BCUT2D eigenvalue weighted by molar-refractivity contribution is 7.97. The van der Waals surface area contributed by atoms with Crippen LogP contribution in [-0.4, -0.2) is 115 Å². The van der Waals surface area contributed by atoms with Gasteiger partial charge in [0.05, 0.1) is 63.1 Å². The first-order valence-electron chi connectivity index (χ1n) is 26.8. The Kier molecular flexibility index (Phi) is 19.2. The van der Waals surface area contributed by atoms with Crippen molar-refractivity contribution < 1.29 is 28.8 Å². The topological polar surface area (TPSA) is 242 Å². The third-order valence-corrected chi connectivity index (χ3v) is 18.5. The van der Waals surface area contributed by atoms with Crippen molar-refractivity contribution in [1.29, 1.82) is 5.26 Å². The van der Waals surface area contributed by atoms with Gasteiger partial charge in [0.2, 0.25) is 15.2 Å². The normalized spacial score (nSPS) is 12.3. The van der Waals surface area contributed by atoms with Gasteiger partial charge < -0.3 is 25.7 Å². The van der Waals surface area contributed by atoms with Gasteiger partial charge in [-0.1, -0.05) is 107 Å². The van der Waals surface area contributed by atoms with Gasteiger partial charge in [0.15, 0.2) is 16.8 Å². The lowest BCUT2D eigenvalue weighted by atomic mass is 9.90. The largest absolute Gasteiger partial charge is 0.395 e. The lowest BCUT2D eigenvalue weighted by molar-refractivity contribution is 0.217. The van der Waals surface area contributed by atoms with Crippen LogP contribution in [0.3, 0.4) is 0 Å². The molecule has 8 rings (SSSR count). The molecule has 4 aromatic carbocycles. The Morgan fingerprint density at radius 3 is 1.88 bits per heavy atom. The molecule has 22 heteroatoms. The Morgan fingerprint density at radius 1 is 0.725 bits per heavy atom. The van der Waals surface area contributed by atoms with E-state index in [1.54, 1.807) is 16.8 Å². The molecular weight excluding hydrogens is 1090 g/mol. The predicted molar refractivity (Wildman–Crippen MR) is 322 cm³/mol. The summed E-state index contributed by atoms with van der Waals surface area (Å²) >= 11 is 4.16. The van der Waals surface area contributed by atoms with Crippen LogP contribution in [0.25, 0.3) is 25.6 Å². The van der Waals surface area contributed by atoms with Crippen LogP contribution in [0, 0.1) is 32.1 Å². The fourth-order valence-corrected chi connectivity index (χ4v) is 14.2. The molecule has 422 valence electrons. The summed E-state index contributed by atoms with van der Waals surface area (Å²) in [5.41, 5.74) is 11.0. The summed E-state index contributed by atoms with van der Waals surface area (Å²) in [5, 5.41) is 69.6. The van der Waals surface area contributed by atoms with E-state index in [0.717, 1.165) is 77.0 Å². The van der Waals surface area contributed by atoms with E-state index < -0.39 is 28.7 Å². The van der Waals surface area contributed by atoms with Crippen molar-refractivity contribution in [1.82, 2.24) is 33.3 Å². The third-order valence-electron chi connectivity index (χ3n) is 13.5. The van der Waals surface area contributed by atoms with Crippen LogP contribution >= 0.6 is 34.6 Å². The van der Waals surface area contributed by atoms with Gasteiger partial charge in [-0.3, -0.25) is 4.90 Å². The number of azo groups is 1. The third kappa shape index (κ3) is 12.6. The fourth-order valence-electron chi connectivity index (χ4n) is 9.67. The molecule has 0 aliphatic carbocycles. The van der Waals surface area contributed by atoms with Crippen molar-refractivity contribution in [2.45, 2.75) is 110 Å². The van der Waals surface area contributed by atoms with Crippen LogP contribution in [0.5, 0.6) is 0 Å². The number of benzene rings is 4. The highest BCUT2D eigenvalue weighted by atomic mass is 32.2. The zero-order valence-corrected chi connectivity index (χ0v) is 50.3. The molecule has 0 fully saturated rings. The number of nitriles is 1. The number of aromatic nitrogens is 5. The molecular formula is C58H70N12O6S4. The zero-order valence-electron chi connectivity index (χ0n) is 47.0. The number of rotatable bonds is 24. The number of aryl methyl sites for hydroxylation is 7. The summed E-state index contributed by atoms with van der Waals surface area (Å²) in [7, 11) is -4.09. The summed E-state index contributed by atoms with van der Waals surface area (Å²) in [5.74, 6) is 1.12. The number of nitrogens with one attached hydrogen (secondary N) is 1. The van der Waals surface area contributed by atoms with Crippen LogP contribution in [-0.2, 0) is 41.1 Å². The minimum absolute atomic E-state index is 0.0164. The molecule has 0 aliphatic rings. The molecule has 0 amide bonds. The average Bonchev–Trinajstić information content (AvgIpc) is 4.16. The van der Waals surface area contributed by atoms with Crippen molar-refractivity contribution in [3.63, 3.8) is 0 Å². The number of thiazole rings is 2. The lowest BCUT2D eigenvalue weighted by Crippen LogP contribution is -2.35. The molecule has 0 atom stereocenters. The van der Waals surface area contributed by atoms with Crippen molar-refractivity contribution in [2.24, 2.45) is 10.2 Å². The van der Waals surface area contributed by atoms with Gasteiger partial charge in [0, 0.05) is 42.2 Å².